The van der Waals surface area contributed by atoms with Gasteiger partial charge in [0.1, 0.15) is 12.2 Å². The van der Waals surface area contributed by atoms with Crippen LogP contribution in [0.4, 0.5) is 0 Å². The summed E-state index contributed by atoms with van der Waals surface area (Å²) in [6.45, 7) is 10.7. The molecular weight excluding hydrogens is 340 g/mol. The highest BCUT2D eigenvalue weighted by atomic mass is 16.5. The molecule has 0 bridgehead atoms. The lowest BCUT2D eigenvalue weighted by Crippen LogP contribution is -2.28. The van der Waals surface area contributed by atoms with Crippen molar-refractivity contribution < 1.29 is 19.1 Å². The third-order valence-electron chi connectivity index (χ3n) is 5.50. The minimum Gasteiger partial charge on any atom is -0.459 e. The van der Waals surface area contributed by atoms with E-state index >= 15 is 0 Å². The van der Waals surface area contributed by atoms with E-state index in [0.717, 1.165) is 63.2 Å². The molecule has 0 radical (unpaired) electrons. The summed E-state index contributed by atoms with van der Waals surface area (Å²) in [7, 11) is 0. The second kappa shape index (κ2) is 12.0. The lowest BCUT2D eigenvalue weighted by molar-refractivity contribution is -0.146. The number of esters is 2. The van der Waals surface area contributed by atoms with Crippen LogP contribution in [0.5, 0.6) is 0 Å². The first-order valence-corrected chi connectivity index (χ1v) is 9.58. The zero-order valence-electron chi connectivity index (χ0n) is 15.7. The first-order valence-electron chi connectivity index (χ1n) is 9.58. The van der Waals surface area contributed by atoms with Crippen molar-refractivity contribution in [2.75, 3.05) is 0 Å². The number of hydrogen-bond acceptors (Lipinski definition) is 4. The maximum Gasteiger partial charge on any atom is 0.333 e. The van der Waals surface area contributed by atoms with E-state index in [1.54, 1.807) is 13.8 Å². The Morgan fingerprint density at radius 2 is 1.00 bits per heavy atom. The maximum atomic E-state index is 11.6. The lowest BCUT2D eigenvalue weighted by Gasteiger charge is -2.33. The SMILES string of the molecule is C.C.C=C(C)C(=O)OC1CCC(CC2CCC(OC(=O)C(=C)C)CC2)CC1. The normalized spacial score (nSPS) is 27.3. The van der Waals surface area contributed by atoms with Crippen LogP contribution in [0.15, 0.2) is 24.3 Å². The first kappa shape index (κ1) is 25.4. The summed E-state index contributed by atoms with van der Waals surface area (Å²) < 4.78 is 10.9. The van der Waals surface area contributed by atoms with E-state index in [0.29, 0.717) is 11.1 Å². The molecule has 0 saturated heterocycles. The predicted molar refractivity (Wildman–Crippen MR) is 111 cm³/mol. The fraction of sp³-hybridized carbons (Fsp3) is 0.739. The van der Waals surface area contributed by atoms with Crippen molar-refractivity contribution in [1.29, 1.82) is 0 Å². The fourth-order valence-electron chi connectivity index (χ4n) is 3.95. The molecule has 0 N–H and O–H groups in total. The van der Waals surface area contributed by atoms with Gasteiger partial charge in [-0.2, -0.15) is 0 Å². The predicted octanol–water partition coefficient (Wildman–Crippen LogP) is 6.00. The molecule has 0 aromatic rings. The molecule has 2 saturated carbocycles. The zero-order valence-corrected chi connectivity index (χ0v) is 15.7. The largest absolute Gasteiger partial charge is 0.459 e. The van der Waals surface area contributed by atoms with E-state index in [1.165, 1.54) is 6.42 Å². The lowest BCUT2D eigenvalue weighted by atomic mass is 9.76. The summed E-state index contributed by atoms with van der Waals surface area (Å²) in [6.07, 6.45) is 9.81. The number of hydrogen-bond donors (Lipinski definition) is 0. The molecule has 2 aliphatic rings. The third-order valence-corrected chi connectivity index (χ3v) is 5.50. The molecular formula is C23H40O4. The molecule has 0 spiro atoms. The topological polar surface area (TPSA) is 52.6 Å². The van der Waals surface area contributed by atoms with Crippen LogP contribution < -0.4 is 0 Å². The Morgan fingerprint density at radius 1 is 0.704 bits per heavy atom. The molecule has 2 fully saturated rings. The van der Waals surface area contributed by atoms with Crippen molar-refractivity contribution in [2.45, 2.75) is 98.7 Å². The number of rotatable bonds is 6. The van der Waals surface area contributed by atoms with Gasteiger partial charge in [0.25, 0.3) is 0 Å². The Balaban J connectivity index is 0.00000338. The molecule has 27 heavy (non-hydrogen) atoms. The Morgan fingerprint density at radius 3 is 1.26 bits per heavy atom. The van der Waals surface area contributed by atoms with Crippen LogP contribution in [-0.2, 0) is 19.1 Å². The first-order chi connectivity index (χ1) is 11.8. The van der Waals surface area contributed by atoms with Crippen LogP contribution >= 0.6 is 0 Å². The van der Waals surface area contributed by atoms with Crippen molar-refractivity contribution in [3.8, 4) is 0 Å². The summed E-state index contributed by atoms with van der Waals surface area (Å²) in [5.41, 5.74) is 0.956. The van der Waals surface area contributed by atoms with E-state index in [1.807, 2.05) is 0 Å². The summed E-state index contributed by atoms with van der Waals surface area (Å²) in [4.78, 5) is 23.2. The third kappa shape index (κ3) is 8.32. The Bertz CT molecular complexity index is 460. The van der Waals surface area contributed by atoms with Crippen LogP contribution in [0.2, 0.25) is 0 Å². The van der Waals surface area contributed by atoms with Crippen LogP contribution in [0.1, 0.15) is 86.5 Å². The molecule has 0 atom stereocenters. The minimum absolute atomic E-state index is 0. The van der Waals surface area contributed by atoms with Gasteiger partial charge >= 0.3 is 11.9 Å². The van der Waals surface area contributed by atoms with Gasteiger partial charge in [-0.15, -0.1) is 0 Å². The molecule has 0 unspecified atom stereocenters. The van der Waals surface area contributed by atoms with Crippen molar-refractivity contribution >= 4 is 11.9 Å². The zero-order chi connectivity index (χ0) is 18.4. The maximum absolute atomic E-state index is 11.6. The van der Waals surface area contributed by atoms with Crippen LogP contribution in [0, 0.1) is 11.8 Å². The van der Waals surface area contributed by atoms with Crippen molar-refractivity contribution in [3.63, 3.8) is 0 Å². The van der Waals surface area contributed by atoms with Gasteiger partial charge in [-0.3, -0.25) is 0 Å². The van der Waals surface area contributed by atoms with E-state index in [4.69, 9.17) is 9.47 Å². The number of carbonyl (C=O) groups excluding carboxylic acids is 2. The average Bonchev–Trinajstić information content (AvgIpc) is 2.58. The van der Waals surface area contributed by atoms with Gasteiger partial charge in [-0.1, -0.05) is 28.0 Å². The van der Waals surface area contributed by atoms with Crippen LogP contribution in [0.25, 0.3) is 0 Å². The van der Waals surface area contributed by atoms with Gasteiger partial charge in [0.05, 0.1) is 0 Å². The van der Waals surface area contributed by atoms with Crippen molar-refractivity contribution in [1.82, 2.24) is 0 Å². The molecule has 156 valence electrons. The monoisotopic (exact) mass is 380 g/mol. The summed E-state index contributed by atoms with van der Waals surface area (Å²) in [5.74, 6) is 0.954. The highest BCUT2D eigenvalue weighted by Crippen LogP contribution is 2.36. The van der Waals surface area contributed by atoms with Crippen LogP contribution in [0.3, 0.4) is 0 Å². The second-order valence-electron chi connectivity index (χ2n) is 7.89. The van der Waals surface area contributed by atoms with Crippen LogP contribution in [-0.4, -0.2) is 24.1 Å². The average molecular weight is 381 g/mol. The smallest absolute Gasteiger partial charge is 0.333 e. The molecule has 4 heteroatoms. The summed E-state index contributed by atoms with van der Waals surface area (Å²) in [5, 5.41) is 0. The van der Waals surface area contributed by atoms with Gasteiger partial charge in [-0.25, -0.2) is 9.59 Å². The molecule has 4 nitrogen and oxygen atoms in total. The van der Waals surface area contributed by atoms with Gasteiger partial charge in [0, 0.05) is 11.1 Å². The molecule has 0 amide bonds. The van der Waals surface area contributed by atoms with E-state index in [9.17, 15) is 9.59 Å². The molecule has 2 aliphatic carbocycles. The van der Waals surface area contributed by atoms with E-state index in [2.05, 4.69) is 13.2 Å². The summed E-state index contributed by atoms with van der Waals surface area (Å²) >= 11 is 0. The highest BCUT2D eigenvalue weighted by molar-refractivity contribution is 5.87. The van der Waals surface area contributed by atoms with E-state index < -0.39 is 0 Å². The highest BCUT2D eigenvalue weighted by Gasteiger charge is 2.29. The molecule has 2 rings (SSSR count). The van der Waals surface area contributed by atoms with E-state index in [-0.39, 0.29) is 39.0 Å². The van der Waals surface area contributed by atoms with Gasteiger partial charge in [0.15, 0.2) is 0 Å². The Kier molecular flexibility index (Phi) is 11.3. The second-order valence-corrected chi connectivity index (χ2v) is 7.89. The van der Waals surface area contributed by atoms with Gasteiger partial charge < -0.3 is 9.47 Å². The standard InChI is InChI=1S/C21H32O4.2CH4/c1-14(2)20(22)24-18-9-5-16(6-10-18)13-17-7-11-19(12-8-17)25-21(23)15(3)4;;/h16-19H,1,3,5-13H2,2,4H3;2*1H4. The quantitative estimate of drug-likeness (QED) is 0.418. The number of ether oxygens (including phenoxy) is 2. The molecule has 0 heterocycles. The van der Waals surface area contributed by atoms with Gasteiger partial charge in [0.2, 0.25) is 0 Å². The molecule has 0 aliphatic heterocycles. The molecule has 0 aromatic carbocycles. The Hall–Kier alpha value is -1.58. The number of carbonyl (C=O) groups is 2. The van der Waals surface area contributed by atoms with Gasteiger partial charge in [-0.05, 0) is 83.5 Å². The Labute approximate surface area is 166 Å². The van der Waals surface area contributed by atoms with Crippen molar-refractivity contribution in [3.05, 3.63) is 24.3 Å². The minimum atomic E-state index is -0.258. The van der Waals surface area contributed by atoms with Crippen molar-refractivity contribution in [2.24, 2.45) is 11.8 Å². The molecule has 0 aromatic heterocycles. The fourth-order valence-corrected chi connectivity index (χ4v) is 3.95. The summed E-state index contributed by atoms with van der Waals surface area (Å²) in [6, 6.07) is 0.